The first-order valence-electron chi connectivity index (χ1n) is 4.00. The summed E-state index contributed by atoms with van der Waals surface area (Å²) in [7, 11) is 2.79. The number of halogens is 6. The SMILES string of the molecule is CN=C(/C=C(\N(C)C)C(F)(F)F)C(F)(F)F. The highest BCUT2D eigenvalue weighted by Crippen LogP contribution is 2.29. The van der Waals surface area contributed by atoms with Crippen LogP contribution >= 0.6 is 0 Å². The van der Waals surface area contributed by atoms with Gasteiger partial charge in [0.05, 0.1) is 0 Å². The third kappa shape index (κ3) is 4.11. The molecule has 2 nitrogen and oxygen atoms in total. The molecule has 0 amide bonds. The Morgan fingerprint density at radius 1 is 1.00 bits per heavy atom. The lowest BCUT2D eigenvalue weighted by molar-refractivity contribution is -0.107. The van der Waals surface area contributed by atoms with Crippen molar-refractivity contribution in [1.82, 2.24) is 4.90 Å². The third-order valence-corrected chi connectivity index (χ3v) is 1.58. The van der Waals surface area contributed by atoms with Crippen LogP contribution in [0, 0.1) is 0 Å². The summed E-state index contributed by atoms with van der Waals surface area (Å²) in [5.74, 6) is 0. The van der Waals surface area contributed by atoms with Gasteiger partial charge in [0, 0.05) is 21.1 Å². The van der Waals surface area contributed by atoms with Gasteiger partial charge in [0.25, 0.3) is 0 Å². The van der Waals surface area contributed by atoms with E-state index < -0.39 is 23.8 Å². The predicted molar refractivity (Wildman–Crippen MR) is 47.2 cm³/mol. The first kappa shape index (κ1) is 14.8. The van der Waals surface area contributed by atoms with E-state index in [0.717, 1.165) is 21.1 Å². The zero-order valence-electron chi connectivity index (χ0n) is 8.74. The summed E-state index contributed by atoms with van der Waals surface area (Å²) >= 11 is 0. The summed E-state index contributed by atoms with van der Waals surface area (Å²) in [5.41, 5.74) is -2.99. The second-order valence-corrected chi connectivity index (χ2v) is 3.03. The van der Waals surface area contributed by atoms with Gasteiger partial charge in [0.2, 0.25) is 0 Å². The van der Waals surface area contributed by atoms with Gasteiger partial charge in [0.15, 0.2) is 0 Å². The highest BCUT2D eigenvalue weighted by atomic mass is 19.4. The molecular formula is C8H10F6N2. The molecule has 0 aliphatic carbocycles. The Balaban J connectivity index is 5.39. The smallest absolute Gasteiger partial charge is 0.374 e. The van der Waals surface area contributed by atoms with E-state index in [-0.39, 0.29) is 6.08 Å². The molecule has 0 aromatic rings. The van der Waals surface area contributed by atoms with Gasteiger partial charge in [0.1, 0.15) is 11.4 Å². The zero-order chi connectivity index (χ0) is 13.1. The highest BCUT2D eigenvalue weighted by Gasteiger charge is 2.40. The van der Waals surface area contributed by atoms with Gasteiger partial charge in [-0.25, -0.2) is 0 Å². The summed E-state index contributed by atoms with van der Waals surface area (Å²) in [5, 5.41) is 0. The first-order chi connectivity index (χ1) is 7.00. The average molecular weight is 248 g/mol. The molecule has 0 aliphatic heterocycles. The van der Waals surface area contributed by atoms with Crippen LogP contribution in [0.5, 0.6) is 0 Å². The van der Waals surface area contributed by atoms with Crippen LogP contribution in [-0.4, -0.2) is 44.1 Å². The molecule has 0 aliphatic rings. The number of alkyl halides is 6. The summed E-state index contributed by atoms with van der Waals surface area (Å²) in [6, 6.07) is 0. The third-order valence-electron chi connectivity index (χ3n) is 1.58. The Morgan fingerprint density at radius 3 is 1.62 bits per heavy atom. The van der Waals surface area contributed by atoms with Gasteiger partial charge in [-0.2, -0.15) is 26.3 Å². The largest absolute Gasteiger partial charge is 0.432 e. The van der Waals surface area contributed by atoms with Crippen LogP contribution in [-0.2, 0) is 0 Å². The van der Waals surface area contributed by atoms with Crippen LogP contribution in [0.15, 0.2) is 16.8 Å². The van der Waals surface area contributed by atoms with Crippen molar-refractivity contribution in [2.75, 3.05) is 21.1 Å². The summed E-state index contributed by atoms with van der Waals surface area (Å²) in [6.07, 6.45) is -9.79. The predicted octanol–water partition coefficient (Wildman–Crippen LogP) is 2.63. The molecule has 0 heterocycles. The van der Waals surface area contributed by atoms with Crippen LogP contribution < -0.4 is 0 Å². The van der Waals surface area contributed by atoms with Crippen molar-refractivity contribution >= 4 is 5.71 Å². The first-order valence-corrected chi connectivity index (χ1v) is 4.00. The number of aliphatic imine (C=N–C) groups is 1. The van der Waals surface area contributed by atoms with E-state index in [4.69, 9.17) is 0 Å². The van der Waals surface area contributed by atoms with Gasteiger partial charge in [-0.3, -0.25) is 4.99 Å². The Labute approximate surface area is 88.3 Å². The molecule has 0 atom stereocenters. The van der Waals surface area contributed by atoms with Gasteiger partial charge in [-0.15, -0.1) is 0 Å². The minimum Gasteiger partial charge on any atom is -0.374 e. The monoisotopic (exact) mass is 248 g/mol. The molecule has 0 saturated heterocycles. The quantitative estimate of drug-likeness (QED) is 0.541. The van der Waals surface area contributed by atoms with Gasteiger partial charge in [-0.05, 0) is 6.08 Å². The zero-order valence-corrected chi connectivity index (χ0v) is 8.74. The summed E-state index contributed by atoms with van der Waals surface area (Å²) in [6.45, 7) is 0. The minimum atomic E-state index is -4.90. The lowest BCUT2D eigenvalue weighted by Gasteiger charge is -2.20. The topological polar surface area (TPSA) is 15.6 Å². The van der Waals surface area contributed by atoms with E-state index in [2.05, 4.69) is 4.99 Å². The van der Waals surface area contributed by atoms with E-state index >= 15 is 0 Å². The molecular weight excluding hydrogens is 238 g/mol. The molecule has 0 aromatic carbocycles. The summed E-state index contributed by atoms with van der Waals surface area (Å²) in [4.78, 5) is 3.34. The van der Waals surface area contributed by atoms with Crippen molar-refractivity contribution in [3.8, 4) is 0 Å². The molecule has 0 N–H and O–H groups in total. The number of nitrogens with zero attached hydrogens (tertiary/aromatic N) is 2. The molecule has 94 valence electrons. The molecule has 0 saturated carbocycles. The molecule has 0 spiro atoms. The van der Waals surface area contributed by atoms with Crippen molar-refractivity contribution in [2.45, 2.75) is 12.4 Å². The van der Waals surface area contributed by atoms with Crippen molar-refractivity contribution < 1.29 is 26.3 Å². The number of hydrogen-bond acceptors (Lipinski definition) is 2. The van der Waals surface area contributed by atoms with E-state index in [0.29, 0.717) is 4.90 Å². The molecule has 0 aromatic heterocycles. The molecule has 0 bridgehead atoms. The van der Waals surface area contributed by atoms with E-state index in [1.54, 1.807) is 0 Å². The van der Waals surface area contributed by atoms with Crippen LogP contribution in [0.2, 0.25) is 0 Å². The Kier molecular flexibility index (Phi) is 4.39. The number of hydrogen-bond donors (Lipinski definition) is 0. The van der Waals surface area contributed by atoms with Crippen LogP contribution in [0.1, 0.15) is 0 Å². The fraction of sp³-hybridized carbons (Fsp3) is 0.625. The number of rotatable bonds is 2. The number of allylic oxidation sites excluding steroid dienone is 2. The standard InChI is InChI=1S/C8H10F6N2/c1-15-5(7(9,10)11)4-6(16(2)3)8(12,13)14/h4H,1-3H3/b6-4-,15-5?. The maximum absolute atomic E-state index is 12.3. The van der Waals surface area contributed by atoms with E-state index in [1.165, 1.54) is 0 Å². The fourth-order valence-electron chi connectivity index (χ4n) is 0.867. The molecule has 0 radical (unpaired) electrons. The lowest BCUT2D eigenvalue weighted by atomic mass is 10.2. The molecule has 16 heavy (non-hydrogen) atoms. The Morgan fingerprint density at radius 2 is 1.44 bits per heavy atom. The van der Waals surface area contributed by atoms with Gasteiger partial charge < -0.3 is 4.90 Å². The van der Waals surface area contributed by atoms with Crippen molar-refractivity contribution in [1.29, 1.82) is 0 Å². The molecule has 0 rings (SSSR count). The maximum atomic E-state index is 12.3. The highest BCUT2D eigenvalue weighted by molar-refractivity contribution is 5.99. The van der Waals surface area contributed by atoms with Crippen LogP contribution in [0.4, 0.5) is 26.3 Å². The molecule has 8 heteroatoms. The maximum Gasteiger partial charge on any atom is 0.432 e. The minimum absolute atomic E-state index is 0.0278. The average Bonchev–Trinajstić information content (AvgIpc) is 1.99. The van der Waals surface area contributed by atoms with Crippen molar-refractivity contribution in [3.05, 3.63) is 11.8 Å². The fourth-order valence-corrected chi connectivity index (χ4v) is 0.867. The van der Waals surface area contributed by atoms with Crippen LogP contribution in [0.25, 0.3) is 0 Å². The normalized spacial score (nSPS) is 15.3. The van der Waals surface area contributed by atoms with Crippen molar-refractivity contribution in [3.63, 3.8) is 0 Å². The van der Waals surface area contributed by atoms with E-state index in [9.17, 15) is 26.3 Å². The van der Waals surface area contributed by atoms with E-state index in [1.807, 2.05) is 0 Å². The summed E-state index contributed by atoms with van der Waals surface area (Å²) < 4.78 is 73.5. The lowest BCUT2D eigenvalue weighted by Crippen LogP contribution is -2.29. The van der Waals surface area contributed by atoms with Crippen molar-refractivity contribution in [2.24, 2.45) is 4.99 Å². The molecule has 0 fully saturated rings. The Hall–Kier alpha value is -1.21. The second-order valence-electron chi connectivity index (χ2n) is 3.03. The Bertz CT molecular complexity index is 297. The second kappa shape index (κ2) is 4.75. The van der Waals surface area contributed by atoms with Gasteiger partial charge in [-0.1, -0.05) is 0 Å². The van der Waals surface area contributed by atoms with Gasteiger partial charge >= 0.3 is 12.4 Å². The molecule has 0 unspecified atom stereocenters. The van der Waals surface area contributed by atoms with Crippen LogP contribution in [0.3, 0.4) is 0 Å².